The van der Waals surface area contributed by atoms with E-state index in [9.17, 15) is 4.79 Å². The Kier molecular flexibility index (Phi) is 4.74. The summed E-state index contributed by atoms with van der Waals surface area (Å²) in [6.07, 6.45) is 3.80. The number of nitrogens with two attached hydrogens (primary N) is 1. The van der Waals surface area contributed by atoms with Gasteiger partial charge in [0.25, 0.3) is 0 Å². The summed E-state index contributed by atoms with van der Waals surface area (Å²) in [5.74, 6) is 0.155. The number of hydrogen-bond acceptors (Lipinski definition) is 3. The van der Waals surface area contributed by atoms with Crippen LogP contribution in [0.5, 0.6) is 0 Å². The topological polar surface area (TPSA) is 49.6 Å². The summed E-state index contributed by atoms with van der Waals surface area (Å²) >= 11 is 0. The molecule has 0 aromatic rings. The van der Waals surface area contributed by atoms with Gasteiger partial charge in [0.05, 0.1) is 5.54 Å². The van der Waals surface area contributed by atoms with Gasteiger partial charge < -0.3 is 15.5 Å². The molecule has 16 heavy (non-hydrogen) atoms. The Hall–Kier alpha value is -0.610. The maximum absolute atomic E-state index is 12.2. The molecule has 0 aromatic heterocycles. The molecule has 0 spiro atoms. The second-order valence-electron chi connectivity index (χ2n) is 5.11. The molecule has 1 rings (SSSR count). The van der Waals surface area contributed by atoms with Gasteiger partial charge in [-0.2, -0.15) is 0 Å². The largest absolute Gasteiger partial charge is 0.340 e. The highest BCUT2D eigenvalue weighted by Crippen LogP contribution is 2.30. The van der Waals surface area contributed by atoms with Crippen molar-refractivity contribution in [2.75, 3.05) is 33.7 Å². The van der Waals surface area contributed by atoms with Gasteiger partial charge in [-0.05, 0) is 39.8 Å². The molecule has 1 aliphatic carbocycles. The number of nitrogens with zero attached hydrogens (tertiary/aromatic N) is 2. The molecule has 94 valence electrons. The molecule has 0 unspecified atom stereocenters. The Morgan fingerprint density at radius 1 is 1.25 bits per heavy atom. The fourth-order valence-electron chi connectivity index (χ4n) is 1.99. The lowest BCUT2D eigenvalue weighted by Gasteiger charge is -2.40. The van der Waals surface area contributed by atoms with E-state index in [0.29, 0.717) is 0 Å². The monoisotopic (exact) mass is 227 g/mol. The second-order valence-corrected chi connectivity index (χ2v) is 5.11. The Labute approximate surface area is 98.8 Å². The fraction of sp³-hybridized carbons (Fsp3) is 0.917. The molecule has 0 aromatic carbocycles. The van der Waals surface area contributed by atoms with Gasteiger partial charge >= 0.3 is 0 Å². The molecule has 4 heteroatoms. The quantitative estimate of drug-likeness (QED) is 0.725. The summed E-state index contributed by atoms with van der Waals surface area (Å²) in [5.41, 5.74) is 5.54. The zero-order chi connectivity index (χ0) is 12.2. The molecule has 0 saturated heterocycles. The molecule has 0 heterocycles. The molecule has 2 N–H and O–H groups in total. The van der Waals surface area contributed by atoms with Crippen LogP contribution in [0.4, 0.5) is 0 Å². The van der Waals surface area contributed by atoms with Crippen LogP contribution in [0, 0.1) is 0 Å². The molecule has 1 aliphatic rings. The third-order valence-corrected chi connectivity index (χ3v) is 3.27. The summed E-state index contributed by atoms with van der Waals surface area (Å²) in [5, 5.41) is 0. The van der Waals surface area contributed by atoms with Crippen LogP contribution in [0.3, 0.4) is 0 Å². The van der Waals surface area contributed by atoms with Crippen LogP contribution in [-0.2, 0) is 4.79 Å². The number of amides is 1. The highest BCUT2D eigenvalue weighted by Gasteiger charge is 2.42. The minimum absolute atomic E-state index is 0.155. The van der Waals surface area contributed by atoms with Gasteiger partial charge in [0, 0.05) is 19.6 Å². The Morgan fingerprint density at radius 3 is 2.25 bits per heavy atom. The summed E-state index contributed by atoms with van der Waals surface area (Å²) in [4.78, 5) is 16.3. The predicted octanol–water partition coefficient (Wildman–Crippen LogP) is 0.668. The van der Waals surface area contributed by atoms with E-state index >= 15 is 0 Å². The van der Waals surface area contributed by atoms with Gasteiger partial charge in [-0.15, -0.1) is 0 Å². The molecular weight excluding hydrogens is 202 g/mol. The van der Waals surface area contributed by atoms with Gasteiger partial charge in [-0.25, -0.2) is 0 Å². The van der Waals surface area contributed by atoms with E-state index in [4.69, 9.17) is 5.73 Å². The first-order valence-electron chi connectivity index (χ1n) is 6.22. The summed E-state index contributed by atoms with van der Waals surface area (Å²) < 4.78 is 0. The molecule has 0 atom stereocenters. The van der Waals surface area contributed by atoms with Crippen molar-refractivity contribution in [1.82, 2.24) is 9.80 Å². The zero-order valence-corrected chi connectivity index (χ0v) is 10.8. The van der Waals surface area contributed by atoms with Crippen molar-refractivity contribution in [3.05, 3.63) is 0 Å². The van der Waals surface area contributed by atoms with Crippen molar-refractivity contribution < 1.29 is 4.79 Å². The third-order valence-electron chi connectivity index (χ3n) is 3.27. The van der Waals surface area contributed by atoms with Crippen LogP contribution >= 0.6 is 0 Å². The Morgan fingerprint density at radius 2 is 1.88 bits per heavy atom. The number of rotatable bonds is 6. The van der Waals surface area contributed by atoms with Gasteiger partial charge in [0.2, 0.25) is 5.91 Å². The molecule has 1 saturated carbocycles. The van der Waals surface area contributed by atoms with Crippen LogP contribution in [0.15, 0.2) is 0 Å². The van der Waals surface area contributed by atoms with E-state index < -0.39 is 5.54 Å². The molecule has 0 bridgehead atoms. The fourth-order valence-corrected chi connectivity index (χ4v) is 1.99. The van der Waals surface area contributed by atoms with Crippen molar-refractivity contribution in [3.63, 3.8) is 0 Å². The predicted molar refractivity (Wildman–Crippen MR) is 66.2 cm³/mol. The second kappa shape index (κ2) is 5.64. The minimum atomic E-state index is -0.540. The highest BCUT2D eigenvalue weighted by molar-refractivity contribution is 5.87. The number of hydrogen-bond donors (Lipinski definition) is 1. The van der Waals surface area contributed by atoms with E-state index in [1.807, 2.05) is 19.0 Å². The third kappa shape index (κ3) is 3.19. The van der Waals surface area contributed by atoms with Gasteiger partial charge in [-0.1, -0.05) is 6.92 Å². The first-order valence-corrected chi connectivity index (χ1v) is 6.22. The van der Waals surface area contributed by atoms with Crippen molar-refractivity contribution >= 4 is 5.91 Å². The Bertz CT molecular complexity index is 236. The van der Waals surface area contributed by atoms with Crippen molar-refractivity contribution in [2.45, 2.75) is 38.1 Å². The van der Waals surface area contributed by atoms with Crippen LogP contribution in [0.2, 0.25) is 0 Å². The summed E-state index contributed by atoms with van der Waals surface area (Å²) in [6.45, 7) is 4.62. The van der Waals surface area contributed by atoms with Crippen LogP contribution in [0.25, 0.3) is 0 Å². The number of carbonyl (C=O) groups is 1. The molecule has 1 fully saturated rings. The molecule has 1 amide bonds. The van der Waals surface area contributed by atoms with Crippen LogP contribution in [0.1, 0.15) is 32.6 Å². The van der Waals surface area contributed by atoms with E-state index in [0.717, 1.165) is 45.3 Å². The lowest BCUT2D eigenvalue weighted by Crippen LogP contribution is -2.60. The number of likely N-dealkylation sites (N-methyl/N-ethyl adjacent to an activating group) is 1. The summed E-state index contributed by atoms with van der Waals surface area (Å²) in [6, 6.07) is 0. The Balaban J connectivity index is 2.51. The zero-order valence-electron chi connectivity index (χ0n) is 10.8. The van der Waals surface area contributed by atoms with Crippen LogP contribution < -0.4 is 5.73 Å². The maximum atomic E-state index is 12.2. The van der Waals surface area contributed by atoms with Crippen LogP contribution in [-0.4, -0.2) is 55.0 Å². The SMILES string of the molecule is CCCN(CCN(C)C)C(=O)C1(N)CCC1. The van der Waals surface area contributed by atoms with Crippen molar-refractivity contribution in [1.29, 1.82) is 0 Å². The van der Waals surface area contributed by atoms with E-state index in [1.165, 1.54) is 0 Å². The molecule has 0 radical (unpaired) electrons. The van der Waals surface area contributed by atoms with Gasteiger partial charge in [-0.3, -0.25) is 4.79 Å². The molecular formula is C12H25N3O. The van der Waals surface area contributed by atoms with Gasteiger partial charge in [0.15, 0.2) is 0 Å². The lowest BCUT2D eigenvalue weighted by molar-refractivity contribution is -0.140. The standard InChI is InChI=1S/C12H25N3O/c1-4-8-15(10-9-14(2)3)11(16)12(13)6-5-7-12/h4-10,13H2,1-3H3. The first kappa shape index (κ1) is 13.5. The van der Waals surface area contributed by atoms with E-state index in [-0.39, 0.29) is 5.91 Å². The minimum Gasteiger partial charge on any atom is -0.340 e. The molecule has 0 aliphatic heterocycles. The normalized spacial score (nSPS) is 18.3. The highest BCUT2D eigenvalue weighted by atomic mass is 16.2. The average Bonchev–Trinajstić information content (AvgIpc) is 2.19. The average molecular weight is 227 g/mol. The first-order chi connectivity index (χ1) is 7.49. The molecule has 4 nitrogen and oxygen atoms in total. The van der Waals surface area contributed by atoms with E-state index in [2.05, 4.69) is 11.8 Å². The summed E-state index contributed by atoms with van der Waals surface area (Å²) in [7, 11) is 4.05. The maximum Gasteiger partial charge on any atom is 0.242 e. The van der Waals surface area contributed by atoms with Gasteiger partial charge in [0.1, 0.15) is 0 Å². The van der Waals surface area contributed by atoms with Crippen molar-refractivity contribution in [2.24, 2.45) is 5.73 Å². The lowest BCUT2D eigenvalue weighted by atomic mass is 9.76. The van der Waals surface area contributed by atoms with E-state index in [1.54, 1.807) is 0 Å². The number of carbonyl (C=O) groups excluding carboxylic acids is 1. The van der Waals surface area contributed by atoms with Crippen molar-refractivity contribution in [3.8, 4) is 0 Å². The smallest absolute Gasteiger partial charge is 0.242 e.